The number of aliphatic imine (C=N–C) groups is 1. The zero-order valence-corrected chi connectivity index (χ0v) is 28.4. The molecule has 2 N–H and O–H groups in total. The lowest BCUT2D eigenvalue weighted by Crippen LogP contribution is -2.45. The number of hydrogen-bond donors (Lipinski definition) is 2. The van der Waals surface area contributed by atoms with Crippen LogP contribution in [0.3, 0.4) is 0 Å². The van der Waals surface area contributed by atoms with Crippen LogP contribution in [0.2, 0.25) is 0 Å². The molecule has 0 bridgehead atoms. The van der Waals surface area contributed by atoms with Crippen LogP contribution < -0.4 is 10.2 Å². The molecule has 1 unspecified atom stereocenters. The molecule has 2 aliphatic heterocycles. The quantitative estimate of drug-likeness (QED) is 0.0799. The summed E-state index contributed by atoms with van der Waals surface area (Å²) < 4.78 is 12.2. The van der Waals surface area contributed by atoms with E-state index in [-0.39, 0.29) is 18.7 Å². The number of nitrogens with zero attached hydrogens (tertiary/aromatic N) is 5. The van der Waals surface area contributed by atoms with Gasteiger partial charge in [0, 0.05) is 56.3 Å². The fourth-order valence-corrected chi connectivity index (χ4v) is 5.78. The number of allylic oxidation sites excluding steroid dienone is 4. The smallest absolute Gasteiger partial charge is 0.225 e. The molecule has 2 fully saturated rings. The molecule has 0 saturated carbocycles. The molecule has 0 spiro atoms. The number of terminal acetylenes is 2. The maximum Gasteiger partial charge on any atom is 0.225 e. The first-order chi connectivity index (χ1) is 23.5. The number of anilines is 1. The molecule has 3 aromatic rings. The molecule has 10 nitrogen and oxygen atoms in total. The second kappa shape index (κ2) is 20.7. The number of amides is 1. The van der Waals surface area contributed by atoms with Crippen molar-refractivity contribution < 1.29 is 19.1 Å². The van der Waals surface area contributed by atoms with Gasteiger partial charge in [0.1, 0.15) is 16.9 Å². The highest BCUT2D eigenvalue weighted by Gasteiger charge is 2.24. The van der Waals surface area contributed by atoms with Gasteiger partial charge in [0.25, 0.3) is 0 Å². The summed E-state index contributed by atoms with van der Waals surface area (Å²) in [5.74, 6) is 4.24. The number of aliphatic hydroxyl groups is 1. The van der Waals surface area contributed by atoms with Crippen molar-refractivity contribution in [1.29, 1.82) is 0 Å². The summed E-state index contributed by atoms with van der Waals surface area (Å²) in [5, 5.41) is 13.1. The molecule has 0 radical (unpaired) electrons. The highest BCUT2D eigenvalue weighted by atomic mass is 16.5. The number of furan rings is 1. The van der Waals surface area contributed by atoms with Crippen molar-refractivity contribution in [1.82, 2.24) is 20.2 Å². The van der Waals surface area contributed by atoms with Crippen LogP contribution in [-0.2, 0) is 16.0 Å². The Balaban J connectivity index is 0.000000449. The first-order valence-corrected chi connectivity index (χ1v) is 16.8. The number of aromatic nitrogens is 2. The average Bonchev–Trinajstić information content (AvgIpc) is 3.79. The lowest BCUT2D eigenvalue weighted by atomic mass is 10.0. The van der Waals surface area contributed by atoms with Crippen molar-refractivity contribution in [3.8, 4) is 25.2 Å². The van der Waals surface area contributed by atoms with Crippen molar-refractivity contribution in [2.75, 3.05) is 44.4 Å². The Kier molecular flexibility index (Phi) is 16.4. The summed E-state index contributed by atoms with van der Waals surface area (Å²) in [4.78, 5) is 30.4. The van der Waals surface area contributed by atoms with Gasteiger partial charge in [0.2, 0.25) is 5.91 Å². The molecule has 10 heteroatoms. The predicted octanol–water partition coefficient (Wildman–Crippen LogP) is 5.65. The lowest BCUT2D eigenvalue weighted by molar-refractivity contribution is -0.135. The molecule has 2 saturated heterocycles. The van der Waals surface area contributed by atoms with Gasteiger partial charge < -0.3 is 24.1 Å². The summed E-state index contributed by atoms with van der Waals surface area (Å²) in [6, 6.07) is 8.32. The van der Waals surface area contributed by atoms with Crippen molar-refractivity contribution in [2.24, 2.45) is 4.99 Å². The largest absolute Gasteiger partial charge is 0.450 e. The number of aliphatic hydroxyl groups excluding tert-OH is 1. The van der Waals surface area contributed by atoms with Gasteiger partial charge in [-0.3, -0.25) is 15.1 Å². The Morgan fingerprint density at radius 2 is 1.96 bits per heavy atom. The molecular formula is C38H50N6O4. The number of rotatable bonds is 13. The highest BCUT2D eigenvalue weighted by molar-refractivity contribution is 6.05. The zero-order valence-electron chi connectivity index (χ0n) is 28.4. The van der Waals surface area contributed by atoms with Crippen LogP contribution in [0, 0.1) is 25.2 Å². The van der Waals surface area contributed by atoms with E-state index in [2.05, 4.69) is 46.8 Å². The molecule has 1 amide bonds. The van der Waals surface area contributed by atoms with E-state index in [1.54, 1.807) is 12.2 Å². The number of hydrogen-bond acceptors (Lipinski definition) is 9. The Hall–Kier alpha value is -4.48. The third kappa shape index (κ3) is 11.1. The van der Waals surface area contributed by atoms with Gasteiger partial charge in [0.15, 0.2) is 11.4 Å². The lowest BCUT2D eigenvalue weighted by Gasteiger charge is -2.32. The Bertz CT molecular complexity index is 1570. The molecule has 4 heterocycles. The van der Waals surface area contributed by atoms with E-state index in [0.29, 0.717) is 25.5 Å². The number of ether oxygens (including phenoxy) is 1. The molecule has 5 rings (SSSR count). The molecular weight excluding hydrogens is 604 g/mol. The van der Waals surface area contributed by atoms with Crippen LogP contribution >= 0.6 is 0 Å². The molecule has 256 valence electrons. The van der Waals surface area contributed by atoms with Gasteiger partial charge in [-0.1, -0.05) is 31.1 Å². The number of likely N-dealkylation sites (tertiary alicyclic amines) is 1. The fourth-order valence-electron chi connectivity index (χ4n) is 5.78. The molecule has 1 aromatic carbocycles. The maximum atomic E-state index is 12.6. The highest BCUT2D eigenvalue weighted by Crippen LogP contribution is 2.34. The summed E-state index contributed by atoms with van der Waals surface area (Å²) in [5.41, 5.74) is 3.46. The molecule has 2 aliphatic rings. The van der Waals surface area contributed by atoms with Crippen molar-refractivity contribution in [2.45, 2.75) is 77.4 Å². The first kappa shape index (κ1) is 38.0. The average molecular weight is 655 g/mol. The third-order valence-corrected chi connectivity index (χ3v) is 8.34. The fraction of sp³-hybridized carbons (Fsp3) is 0.474. The Morgan fingerprint density at radius 3 is 2.62 bits per heavy atom. The van der Waals surface area contributed by atoms with Crippen molar-refractivity contribution in [3.05, 3.63) is 54.0 Å². The normalized spacial score (nSPS) is 15.9. The summed E-state index contributed by atoms with van der Waals surface area (Å²) in [7, 11) is 0. The van der Waals surface area contributed by atoms with Gasteiger partial charge in [0.05, 0.1) is 19.3 Å². The Morgan fingerprint density at radius 1 is 1.23 bits per heavy atom. The topological polar surface area (TPSA) is 116 Å². The van der Waals surface area contributed by atoms with Crippen molar-refractivity contribution in [3.63, 3.8) is 0 Å². The van der Waals surface area contributed by atoms with E-state index in [4.69, 9.17) is 30.7 Å². The second-order valence-electron chi connectivity index (χ2n) is 11.6. The van der Waals surface area contributed by atoms with Crippen LogP contribution in [0.25, 0.3) is 22.1 Å². The number of carbonyl (C=O) groups is 1. The number of fused-ring (bicyclic) bond motifs is 3. The number of benzene rings is 1. The second-order valence-corrected chi connectivity index (χ2v) is 11.6. The van der Waals surface area contributed by atoms with E-state index < -0.39 is 0 Å². The van der Waals surface area contributed by atoms with E-state index in [1.165, 1.54) is 12.8 Å². The third-order valence-electron chi connectivity index (χ3n) is 8.34. The minimum Gasteiger partial charge on any atom is -0.450 e. The van der Waals surface area contributed by atoms with Crippen LogP contribution in [0.5, 0.6) is 0 Å². The monoisotopic (exact) mass is 654 g/mol. The van der Waals surface area contributed by atoms with E-state index in [1.807, 2.05) is 43.0 Å². The minimum absolute atomic E-state index is 0.0133. The molecule has 48 heavy (non-hydrogen) atoms. The van der Waals surface area contributed by atoms with Crippen LogP contribution in [0.4, 0.5) is 5.82 Å². The minimum atomic E-state index is -0.132. The molecule has 0 aliphatic carbocycles. The van der Waals surface area contributed by atoms with Gasteiger partial charge in [-0.25, -0.2) is 9.97 Å². The summed E-state index contributed by atoms with van der Waals surface area (Å²) in [6.45, 7) is 11.4. The first-order valence-electron chi connectivity index (χ1n) is 16.8. The number of para-hydroxylation sites is 1. The van der Waals surface area contributed by atoms with Crippen molar-refractivity contribution >= 4 is 40.5 Å². The summed E-state index contributed by atoms with van der Waals surface area (Å²) in [6.07, 6.45) is 25.0. The SMILES string of the molecule is C#C.C#C/C=C\C=C(/CC)N=C.CC(CC(=O)N1CCC(NCO)CC1)OCCCc1nc(N2CCCC2)c2oc3ccccc3c2n1. The van der Waals surface area contributed by atoms with Gasteiger partial charge in [-0.05, 0) is 76.5 Å². The number of carbonyl (C=O) groups excluding carboxylic acids is 1. The summed E-state index contributed by atoms with van der Waals surface area (Å²) >= 11 is 0. The number of nitrogens with one attached hydrogen (secondary N) is 1. The van der Waals surface area contributed by atoms with E-state index >= 15 is 0 Å². The standard InChI is InChI=1S/C27H37N5O4.C9H11N.C2H2/c1-19(17-24(34)31-14-10-20(11-15-31)28-18-33)35-16-6-9-23-29-25-21-7-2-3-8-22(21)36-26(25)27(30-23)32-12-4-5-13-32;1-4-6-7-8-9(5-2)10-3;1-2/h2-3,7-8,19-20,28,33H,4-6,9-18H2,1H3;1,6-8H,3,5H2,2H3;1-2H/b;7-6-,9-8+;. The van der Waals surface area contributed by atoms with Gasteiger partial charge in [-0.15, -0.1) is 19.3 Å². The van der Waals surface area contributed by atoms with Crippen LogP contribution in [0.15, 0.2) is 57.6 Å². The van der Waals surface area contributed by atoms with Crippen LogP contribution in [-0.4, -0.2) is 84.3 Å². The Labute approximate surface area is 285 Å². The number of piperidine rings is 1. The van der Waals surface area contributed by atoms with E-state index in [0.717, 1.165) is 91.3 Å². The molecule has 1 atom stereocenters. The predicted molar refractivity (Wildman–Crippen MR) is 195 cm³/mol. The molecule has 2 aromatic heterocycles. The van der Waals surface area contributed by atoms with E-state index in [9.17, 15) is 4.79 Å². The zero-order chi connectivity index (χ0) is 34.7. The van der Waals surface area contributed by atoms with Gasteiger partial charge in [-0.2, -0.15) is 0 Å². The maximum absolute atomic E-state index is 12.6. The number of aryl methyl sites for hydroxylation is 1. The van der Waals surface area contributed by atoms with Gasteiger partial charge >= 0.3 is 0 Å². The van der Waals surface area contributed by atoms with Crippen LogP contribution in [0.1, 0.15) is 64.6 Å².